The van der Waals surface area contributed by atoms with Gasteiger partial charge in [0.25, 0.3) is 11.8 Å². The van der Waals surface area contributed by atoms with Crippen LogP contribution in [0.4, 0.5) is 0 Å². The van der Waals surface area contributed by atoms with Crippen LogP contribution in [0.1, 0.15) is 31.4 Å². The van der Waals surface area contributed by atoms with Gasteiger partial charge in [0.05, 0.1) is 22.0 Å². The van der Waals surface area contributed by atoms with Crippen molar-refractivity contribution in [3.8, 4) is 5.69 Å². The number of rotatable bonds is 5. The summed E-state index contributed by atoms with van der Waals surface area (Å²) in [5.74, 6) is -0.853. The molecular formula is C23H24N4O4S. The van der Waals surface area contributed by atoms with Gasteiger partial charge in [-0.25, -0.2) is 9.48 Å². The van der Waals surface area contributed by atoms with Crippen molar-refractivity contribution in [3.05, 3.63) is 69.7 Å². The van der Waals surface area contributed by atoms with E-state index < -0.39 is 5.97 Å². The van der Waals surface area contributed by atoms with E-state index in [0.717, 1.165) is 5.69 Å². The van der Waals surface area contributed by atoms with Crippen molar-refractivity contribution >= 4 is 29.1 Å². The highest BCUT2D eigenvalue weighted by Gasteiger charge is 2.27. The molecule has 1 saturated heterocycles. The monoisotopic (exact) mass is 452 g/mol. The first-order chi connectivity index (χ1) is 15.5. The average Bonchev–Trinajstić information content (AvgIpc) is 3.45. The highest BCUT2D eigenvalue weighted by molar-refractivity contribution is 7.12. The normalized spacial score (nSPS) is 13.8. The summed E-state index contributed by atoms with van der Waals surface area (Å²) in [6.07, 6.45) is 0. The van der Waals surface area contributed by atoms with Crippen molar-refractivity contribution in [3.63, 3.8) is 0 Å². The minimum atomic E-state index is -0.568. The molecule has 0 atom stereocenters. The summed E-state index contributed by atoms with van der Waals surface area (Å²) in [6, 6.07) is 13.2. The highest BCUT2D eigenvalue weighted by atomic mass is 32.1. The predicted octanol–water partition coefficient (Wildman–Crippen LogP) is 2.69. The molecule has 1 aliphatic heterocycles. The van der Waals surface area contributed by atoms with Gasteiger partial charge in [0, 0.05) is 26.2 Å². The van der Waals surface area contributed by atoms with Gasteiger partial charge in [-0.2, -0.15) is 5.10 Å². The summed E-state index contributed by atoms with van der Waals surface area (Å²) in [7, 11) is 0. The van der Waals surface area contributed by atoms with Gasteiger partial charge in [-0.1, -0.05) is 24.3 Å². The van der Waals surface area contributed by atoms with Crippen molar-refractivity contribution in [2.24, 2.45) is 0 Å². The third-order valence-electron chi connectivity index (χ3n) is 5.47. The smallest absolute Gasteiger partial charge is 0.342 e. The van der Waals surface area contributed by atoms with Gasteiger partial charge in [-0.05, 0) is 37.4 Å². The maximum Gasteiger partial charge on any atom is 0.342 e. The fraction of sp³-hybridized carbons (Fsp3) is 0.304. The summed E-state index contributed by atoms with van der Waals surface area (Å²) in [5.41, 5.74) is 2.42. The molecule has 0 N–H and O–H groups in total. The van der Waals surface area contributed by atoms with Gasteiger partial charge < -0.3 is 14.5 Å². The molecule has 166 valence electrons. The fourth-order valence-electron chi connectivity index (χ4n) is 3.76. The van der Waals surface area contributed by atoms with E-state index in [4.69, 9.17) is 4.74 Å². The first kappa shape index (κ1) is 21.8. The van der Waals surface area contributed by atoms with Gasteiger partial charge in [-0.3, -0.25) is 9.59 Å². The van der Waals surface area contributed by atoms with Gasteiger partial charge in [-0.15, -0.1) is 11.3 Å². The minimum absolute atomic E-state index is 0.0140. The van der Waals surface area contributed by atoms with Crippen LogP contribution >= 0.6 is 11.3 Å². The lowest BCUT2D eigenvalue weighted by Gasteiger charge is -2.34. The standard InChI is InChI=1S/C23H24N4O4S/c1-16-21(17(2)27(24-16)18-7-4-3-5-8-18)23(30)31-15-20(28)25-10-12-26(13-11-25)22(29)19-9-6-14-32-19/h3-9,14H,10-13,15H2,1-2H3. The molecule has 32 heavy (non-hydrogen) atoms. The molecule has 0 unspecified atom stereocenters. The number of amides is 2. The number of ether oxygens (including phenoxy) is 1. The minimum Gasteiger partial charge on any atom is -0.452 e. The van der Waals surface area contributed by atoms with E-state index in [-0.39, 0.29) is 18.4 Å². The number of aryl methyl sites for hydroxylation is 1. The van der Waals surface area contributed by atoms with Crippen molar-refractivity contribution in [2.75, 3.05) is 32.8 Å². The molecule has 1 aliphatic rings. The lowest BCUT2D eigenvalue weighted by molar-refractivity contribution is -0.136. The van der Waals surface area contributed by atoms with Crippen LogP contribution in [-0.4, -0.2) is 70.1 Å². The van der Waals surface area contributed by atoms with Crippen LogP contribution in [-0.2, 0) is 9.53 Å². The number of para-hydroxylation sites is 1. The van der Waals surface area contributed by atoms with E-state index in [1.807, 2.05) is 41.8 Å². The van der Waals surface area contributed by atoms with Crippen LogP contribution in [0.25, 0.3) is 5.69 Å². The maximum absolute atomic E-state index is 12.7. The van der Waals surface area contributed by atoms with E-state index in [2.05, 4.69) is 5.10 Å². The zero-order valence-electron chi connectivity index (χ0n) is 18.0. The molecule has 3 heterocycles. The summed E-state index contributed by atoms with van der Waals surface area (Å²) in [5, 5.41) is 6.32. The van der Waals surface area contributed by atoms with Crippen LogP contribution in [0.15, 0.2) is 47.8 Å². The molecule has 0 saturated carbocycles. The third kappa shape index (κ3) is 4.43. The van der Waals surface area contributed by atoms with Crippen LogP contribution in [0.3, 0.4) is 0 Å². The van der Waals surface area contributed by atoms with Gasteiger partial charge in [0.15, 0.2) is 6.61 Å². The van der Waals surface area contributed by atoms with E-state index >= 15 is 0 Å². The molecule has 2 amide bonds. The molecule has 9 heteroatoms. The lowest BCUT2D eigenvalue weighted by Crippen LogP contribution is -2.51. The number of benzene rings is 1. The Bertz CT molecular complexity index is 1120. The number of carbonyl (C=O) groups excluding carboxylic acids is 3. The molecule has 0 spiro atoms. The Kier molecular flexibility index (Phi) is 6.36. The highest BCUT2D eigenvalue weighted by Crippen LogP contribution is 2.19. The van der Waals surface area contributed by atoms with E-state index in [1.54, 1.807) is 34.4 Å². The number of piperazine rings is 1. The van der Waals surface area contributed by atoms with E-state index in [1.165, 1.54) is 11.3 Å². The molecule has 8 nitrogen and oxygen atoms in total. The maximum atomic E-state index is 12.7. The second kappa shape index (κ2) is 9.35. The van der Waals surface area contributed by atoms with E-state index in [9.17, 15) is 14.4 Å². The van der Waals surface area contributed by atoms with Crippen molar-refractivity contribution < 1.29 is 19.1 Å². The zero-order valence-corrected chi connectivity index (χ0v) is 18.8. The summed E-state index contributed by atoms with van der Waals surface area (Å²) < 4.78 is 7.02. The Hall–Kier alpha value is -3.46. The molecule has 0 aliphatic carbocycles. The molecule has 1 aromatic carbocycles. The van der Waals surface area contributed by atoms with Crippen molar-refractivity contribution in [1.82, 2.24) is 19.6 Å². The fourth-order valence-corrected chi connectivity index (χ4v) is 4.46. The molecule has 1 fully saturated rings. The number of hydrogen-bond acceptors (Lipinski definition) is 6. The topological polar surface area (TPSA) is 84.7 Å². The Balaban J connectivity index is 1.33. The number of nitrogens with zero attached hydrogens (tertiary/aromatic N) is 4. The summed E-state index contributed by atoms with van der Waals surface area (Å²) >= 11 is 1.41. The Morgan fingerprint density at radius 2 is 1.66 bits per heavy atom. The van der Waals surface area contributed by atoms with Crippen LogP contribution < -0.4 is 0 Å². The van der Waals surface area contributed by atoms with Crippen LogP contribution in [0.2, 0.25) is 0 Å². The zero-order chi connectivity index (χ0) is 22.7. The lowest BCUT2D eigenvalue weighted by atomic mass is 10.2. The first-order valence-corrected chi connectivity index (χ1v) is 11.2. The number of esters is 1. The number of hydrogen-bond donors (Lipinski definition) is 0. The van der Waals surface area contributed by atoms with Gasteiger partial charge in [0.1, 0.15) is 5.56 Å². The SMILES string of the molecule is Cc1nn(-c2ccccc2)c(C)c1C(=O)OCC(=O)N1CCN(C(=O)c2cccs2)CC1. The second-order valence-corrected chi connectivity index (χ2v) is 8.47. The van der Waals surface area contributed by atoms with Crippen LogP contribution in [0.5, 0.6) is 0 Å². The molecule has 3 aromatic rings. The Morgan fingerprint density at radius 3 is 2.31 bits per heavy atom. The largest absolute Gasteiger partial charge is 0.452 e. The Labute approximate surface area is 190 Å². The summed E-state index contributed by atoms with van der Waals surface area (Å²) in [4.78, 5) is 41.7. The van der Waals surface area contributed by atoms with E-state index in [0.29, 0.717) is 48.0 Å². The van der Waals surface area contributed by atoms with Crippen LogP contribution in [0, 0.1) is 13.8 Å². The number of carbonyl (C=O) groups is 3. The molecule has 0 radical (unpaired) electrons. The average molecular weight is 453 g/mol. The van der Waals surface area contributed by atoms with Gasteiger partial charge in [0.2, 0.25) is 0 Å². The molecule has 2 aromatic heterocycles. The molecule has 4 rings (SSSR count). The molecule has 0 bridgehead atoms. The first-order valence-electron chi connectivity index (χ1n) is 10.3. The van der Waals surface area contributed by atoms with Crippen molar-refractivity contribution in [1.29, 1.82) is 0 Å². The third-order valence-corrected chi connectivity index (χ3v) is 6.33. The Morgan fingerprint density at radius 1 is 0.969 bits per heavy atom. The summed E-state index contributed by atoms with van der Waals surface area (Å²) in [6.45, 7) is 4.95. The number of thiophene rings is 1. The second-order valence-electron chi connectivity index (χ2n) is 7.52. The predicted molar refractivity (Wildman–Crippen MR) is 120 cm³/mol. The number of aromatic nitrogens is 2. The quantitative estimate of drug-likeness (QED) is 0.556. The molecular weight excluding hydrogens is 428 g/mol. The van der Waals surface area contributed by atoms with Gasteiger partial charge >= 0.3 is 5.97 Å². The van der Waals surface area contributed by atoms with Crippen molar-refractivity contribution in [2.45, 2.75) is 13.8 Å².